The molecule has 1 aliphatic carbocycles. The molecule has 0 aliphatic heterocycles. The van der Waals surface area contributed by atoms with Gasteiger partial charge in [-0.05, 0) is 12.8 Å². The summed E-state index contributed by atoms with van der Waals surface area (Å²) in [6.45, 7) is 0. The minimum absolute atomic E-state index is 0.0964. The quantitative estimate of drug-likeness (QED) is 0.350. The van der Waals surface area contributed by atoms with E-state index in [2.05, 4.69) is 10.8 Å². The van der Waals surface area contributed by atoms with Crippen molar-refractivity contribution < 1.29 is 14.3 Å². The summed E-state index contributed by atoms with van der Waals surface area (Å²) in [4.78, 5) is 35.9. The summed E-state index contributed by atoms with van der Waals surface area (Å²) in [5.74, 6) is 3.89. The molecule has 0 spiro atoms. The van der Waals surface area contributed by atoms with Crippen LogP contribution >= 0.6 is 0 Å². The highest BCUT2D eigenvalue weighted by atomic mass is 16.5. The van der Waals surface area contributed by atoms with E-state index in [9.17, 15) is 14.4 Å². The molecule has 0 unspecified atom stereocenters. The number of nitrogens with zero attached hydrogens (tertiary/aromatic N) is 3. The number of hydrogen-bond donors (Lipinski definition) is 1. The summed E-state index contributed by atoms with van der Waals surface area (Å²) < 4.78 is 5.79. The Kier molecular flexibility index (Phi) is 3.53. The molecule has 1 aromatic rings. The lowest BCUT2D eigenvalue weighted by Crippen LogP contribution is -2.37. The molecule has 1 saturated carbocycles. The van der Waals surface area contributed by atoms with Crippen LogP contribution < -0.4 is 11.4 Å². The van der Waals surface area contributed by atoms with Gasteiger partial charge in [-0.25, -0.2) is 10.6 Å². The van der Waals surface area contributed by atoms with Crippen molar-refractivity contribution in [1.82, 2.24) is 9.58 Å². The van der Waals surface area contributed by atoms with Crippen LogP contribution in [0.5, 0.6) is 0 Å². The van der Waals surface area contributed by atoms with E-state index in [1.54, 1.807) is 0 Å². The normalized spacial score (nSPS) is 15.0. The molecular formula is C13H14N4O4. The van der Waals surface area contributed by atoms with Gasteiger partial charge in [0.05, 0.1) is 24.3 Å². The fourth-order valence-electron chi connectivity index (χ4n) is 2.03. The highest BCUT2D eigenvalue weighted by Crippen LogP contribution is 2.41. The number of hydrogen-bond acceptors (Lipinski definition) is 6. The molecule has 1 fully saturated rings. The first-order valence-corrected chi connectivity index (χ1v) is 6.16. The van der Waals surface area contributed by atoms with Crippen molar-refractivity contribution in [3.63, 3.8) is 0 Å². The predicted octanol–water partition coefficient (Wildman–Crippen LogP) is -0.407. The maximum atomic E-state index is 12.1. The van der Waals surface area contributed by atoms with Gasteiger partial charge in [0.25, 0.3) is 11.5 Å². The van der Waals surface area contributed by atoms with Crippen molar-refractivity contribution in [2.24, 2.45) is 5.84 Å². The van der Waals surface area contributed by atoms with Crippen LogP contribution in [0.1, 0.15) is 33.6 Å². The maximum Gasteiger partial charge on any atom is 0.340 e. The SMILES string of the molecule is COC(=O)c1cn(C2(C#N)CC2)c(=O)cc1C(=O)N(C)N. The zero-order valence-corrected chi connectivity index (χ0v) is 11.6. The Hall–Kier alpha value is -2.66. The van der Waals surface area contributed by atoms with Gasteiger partial charge in [-0.2, -0.15) is 5.26 Å². The van der Waals surface area contributed by atoms with Crippen LogP contribution in [0, 0.1) is 11.3 Å². The number of ether oxygens (including phenoxy) is 1. The number of carbonyl (C=O) groups excluding carboxylic acids is 2. The Morgan fingerprint density at radius 3 is 2.52 bits per heavy atom. The number of rotatable bonds is 3. The zero-order valence-electron chi connectivity index (χ0n) is 11.6. The first-order valence-electron chi connectivity index (χ1n) is 6.16. The summed E-state index contributed by atoms with van der Waals surface area (Å²) in [5, 5.41) is 9.93. The number of pyridine rings is 1. The molecule has 2 N–H and O–H groups in total. The van der Waals surface area contributed by atoms with E-state index in [1.807, 2.05) is 0 Å². The fraction of sp³-hybridized carbons (Fsp3) is 0.385. The van der Waals surface area contributed by atoms with Crippen LogP contribution in [0.3, 0.4) is 0 Å². The molecular weight excluding hydrogens is 276 g/mol. The molecule has 1 aromatic heterocycles. The zero-order chi connectivity index (χ0) is 15.8. The number of amides is 1. The van der Waals surface area contributed by atoms with Crippen LogP contribution in [0.4, 0.5) is 0 Å². The summed E-state index contributed by atoms with van der Waals surface area (Å²) in [5.41, 5.74) is -1.72. The molecule has 0 bridgehead atoms. The molecule has 2 rings (SSSR count). The summed E-state index contributed by atoms with van der Waals surface area (Å²) in [7, 11) is 2.46. The highest BCUT2D eigenvalue weighted by molar-refractivity contribution is 6.04. The summed E-state index contributed by atoms with van der Waals surface area (Å²) in [6, 6.07) is 3.07. The van der Waals surface area contributed by atoms with Gasteiger partial charge in [-0.3, -0.25) is 19.2 Å². The second-order valence-electron chi connectivity index (χ2n) is 4.86. The van der Waals surface area contributed by atoms with E-state index >= 15 is 0 Å². The monoisotopic (exact) mass is 290 g/mol. The van der Waals surface area contributed by atoms with Crippen molar-refractivity contribution in [3.05, 3.63) is 33.7 Å². The molecule has 0 atom stereocenters. The fourth-order valence-corrected chi connectivity index (χ4v) is 2.03. The lowest BCUT2D eigenvalue weighted by Gasteiger charge is -2.16. The van der Waals surface area contributed by atoms with E-state index in [0.29, 0.717) is 12.8 Å². The second kappa shape index (κ2) is 5.03. The van der Waals surface area contributed by atoms with Crippen LogP contribution in [-0.2, 0) is 10.3 Å². The van der Waals surface area contributed by atoms with Crippen molar-refractivity contribution in [1.29, 1.82) is 5.26 Å². The first-order chi connectivity index (χ1) is 9.86. The Bertz CT molecular complexity index is 710. The summed E-state index contributed by atoms with van der Waals surface area (Å²) >= 11 is 0. The number of nitrogens with two attached hydrogens (primary N) is 1. The third-order valence-corrected chi connectivity index (χ3v) is 3.40. The second-order valence-corrected chi connectivity index (χ2v) is 4.86. The number of hydrazine groups is 1. The third-order valence-electron chi connectivity index (χ3n) is 3.40. The van der Waals surface area contributed by atoms with E-state index in [-0.39, 0.29) is 11.1 Å². The lowest BCUT2D eigenvalue weighted by molar-refractivity contribution is 0.0591. The molecule has 1 heterocycles. The molecule has 0 aromatic carbocycles. The molecule has 110 valence electrons. The van der Waals surface area contributed by atoms with E-state index in [4.69, 9.17) is 11.1 Å². The smallest absolute Gasteiger partial charge is 0.340 e. The van der Waals surface area contributed by atoms with Crippen molar-refractivity contribution in [3.8, 4) is 6.07 Å². The van der Waals surface area contributed by atoms with Crippen molar-refractivity contribution >= 4 is 11.9 Å². The van der Waals surface area contributed by atoms with Crippen LogP contribution in [-0.4, -0.2) is 35.6 Å². The largest absolute Gasteiger partial charge is 0.465 e. The molecule has 0 saturated heterocycles. The Balaban J connectivity index is 2.66. The van der Waals surface area contributed by atoms with Gasteiger partial charge in [-0.15, -0.1) is 0 Å². The molecule has 8 heteroatoms. The minimum Gasteiger partial charge on any atom is -0.465 e. The number of aromatic nitrogens is 1. The Morgan fingerprint density at radius 1 is 1.48 bits per heavy atom. The predicted molar refractivity (Wildman–Crippen MR) is 71.1 cm³/mol. The maximum absolute atomic E-state index is 12.1. The van der Waals surface area contributed by atoms with Gasteiger partial charge in [0.15, 0.2) is 0 Å². The van der Waals surface area contributed by atoms with E-state index in [0.717, 1.165) is 18.2 Å². The number of nitriles is 1. The summed E-state index contributed by atoms with van der Waals surface area (Å²) in [6.07, 6.45) is 2.24. The standard InChI is InChI=1S/C13H14N4O4/c1-16(15)11(19)8-5-10(18)17(13(7-14)3-4-13)6-9(8)12(20)21-2/h5-6H,3-4,15H2,1-2H3. The first kappa shape index (κ1) is 14.7. The number of carbonyl (C=O) groups is 2. The Labute approximate surface area is 120 Å². The molecule has 1 amide bonds. The van der Waals surface area contributed by atoms with E-state index < -0.39 is 23.0 Å². The average molecular weight is 290 g/mol. The lowest BCUT2D eigenvalue weighted by atomic mass is 10.1. The van der Waals surface area contributed by atoms with Gasteiger partial charge < -0.3 is 4.74 Å². The van der Waals surface area contributed by atoms with E-state index in [1.165, 1.54) is 17.8 Å². The average Bonchev–Trinajstić information content (AvgIpc) is 3.26. The molecule has 0 radical (unpaired) electrons. The molecule has 21 heavy (non-hydrogen) atoms. The van der Waals surface area contributed by atoms with Crippen LogP contribution in [0.15, 0.2) is 17.1 Å². The minimum atomic E-state index is -0.934. The molecule has 1 aliphatic rings. The highest BCUT2D eigenvalue weighted by Gasteiger charge is 2.46. The number of esters is 1. The van der Waals surface area contributed by atoms with Gasteiger partial charge >= 0.3 is 5.97 Å². The Morgan fingerprint density at radius 2 is 2.10 bits per heavy atom. The van der Waals surface area contributed by atoms with Gasteiger partial charge in [-0.1, -0.05) is 0 Å². The van der Waals surface area contributed by atoms with Crippen molar-refractivity contribution in [2.75, 3.05) is 14.2 Å². The third kappa shape index (κ3) is 2.39. The number of methoxy groups -OCH3 is 1. The topological polar surface area (TPSA) is 118 Å². The molecule has 8 nitrogen and oxygen atoms in total. The van der Waals surface area contributed by atoms with Crippen LogP contribution in [0.25, 0.3) is 0 Å². The van der Waals surface area contributed by atoms with Gasteiger partial charge in [0.2, 0.25) is 0 Å². The van der Waals surface area contributed by atoms with Crippen LogP contribution in [0.2, 0.25) is 0 Å². The van der Waals surface area contributed by atoms with Crippen molar-refractivity contribution in [2.45, 2.75) is 18.4 Å². The van der Waals surface area contributed by atoms with Gasteiger partial charge in [0, 0.05) is 19.3 Å². The van der Waals surface area contributed by atoms with Gasteiger partial charge in [0.1, 0.15) is 5.54 Å².